The summed E-state index contributed by atoms with van der Waals surface area (Å²) in [6.07, 6.45) is 3.60. The fourth-order valence-corrected chi connectivity index (χ4v) is 1.55. The second-order valence-electron chi connectivity index (χ2n) is 3.75. The van der Waals surface area contributed by atoms with Crippen LogP contribution in [0.4, 0.5) is 0 Å². The van der Waals surface area contributed by atoms with Crippen molar-refractivity contribution in [3.63, 3.8) is 0 Å². The van der Waals surface area contributed by atoms with Gasteiger partial charge in [-0.3, -0.25) is 0 Å². The molecule has 0 spiro atoms. The minimum absolute atomic E-state index is 0.754. The molecule has 0 aromatic heterocycles. The Morgan fingerprint density at radius 1 is 1.36 bits per heavy atom. The van der Waals surface area contributed by atoms with Crippen LogP contribution in [-0.2, 0) is 6.42 Å². The number of rotatable bonds is 4. The van der Waals surface area contributed by atoms with Crippen LogP contribution in [0.5, 0.6) is 0 Å². The van der Waals surface area contributed by atoms with Crippen LogP contribution < -0.4 is 5.32 Å². The van der Waals surface area contributed by atoms with E-state index < -0.39 is 0 Å². The molecule has 2 heteroatoms. The summed E-state index contributed by atoms with van der Waals surface area (Å²) in [6.45, 7) is 0.989. The van der Waals surface area contributed by atoms with Crippen LogP contribution in [0, 0.1) is 11.3 Å². The minimum Gasteiger partial charge on any atom is -0.314 e. The van der Waals surface area contributed by atoms with Gasteiger partial charge in [-0.15, -0.1) is 0 Å². The molecule has 0 atom stereocenters. The summed E-state index contributed by atoms with van der Waals surface area (Å²) in [5.74, 6) is 0. The van der Waals surface area contributed by atoms with Crippen molar-refractivity contribution in [2.24, 2.45) is 0 Å². The van der Waals surface area contributed by atoms with Crippen LogP contribution in [0.1, 0.15) is 24.0 Å². The van der Waals surface area contributed by atoms with Crippen molar-refractivity contribution in [2.45, 2.75) is 25.3 Å². The van der Waals surface area contributed by atoms with Gasteiger partial charge >= 0.3 is 0 Å². The van der Waals surface area contributed by atoms with E-state index in [2.05, 4.69) is 11.4 Å². The first-order valence-corrected chi connectivity index (χ1v) is 5.11. The van der Waals surface area contributed by atoms with Crippen LogP contribution in [-0.4, -0.2) is 12.6 Å². The number of benzene rings is 1. The molecule has 1 aromatic rings. The second-order valence-corrected chi connectivity index (χ2v) is 3.75. The lowest BCUT2D eigenvalue weighted by Crippen LogP contribution is -2.19. The highest BCUT2D eigenvalue weighted by Gasteiger charge is 2.19. The quantitative estimate of drug-likeness (QED) is 0.779. The van der Waals surface area contributed by atoms with Gasteiger partial charge in [-0.05, 0) is 37.4 Å². The maximum atomic E-state index is 8.87. The van der Waals surface area contributed by atoms with Crippen LogP contribution in [0.25, 0.3) is 0 Å². The van der Waals surface area contributed by atoms with Crippen molar-refractivity contribution in [1.29, 1.82) is 5.26 Å². The summed E-state index contributed by atoms with van der Waals surface area (Å²) < 4.78 is 0. The number of hydrogen-bond donors (Lipinski definition) is 1. The molecule has 1 N–H and O–H groups in total. The zero-order valence-corrected chi connectivity index (χ0v) is 8.16. The van der Waals surface area contributed by atoms with E-state index in [-0.39, 0.29) is 0 Å². The zero-order chi connectivity index (χ0) is 9.80. The Bertz CT molecular complexity index is 348. The van der Waals surface area contributed by atoms with Gasteiger partial charge in [-0.2, -0.15) is 5.26 Å². The second kappa shape index (κ2) is 4.26. The highest BCUT2D eigenvalue weighted by molar-refractivity contribution is 5.37. The predicted octanol–water partition coefficient (Wildman–Crippen LogP) is 1.85. The lowest BCUT2D eigenvalue weighted by molar-refractivity contribution is 0.681. The van der Waals surface area contributed by atoms with Crippen LogP contribution >= 0.6 is 0 Å². The molecule has 1 fully saturated rings. The Morgan fingerprint density at radius 2 is 2.14 bits per heavy atom. The van der Waals surface area contributed by atoms with E-state index in [9.17, 15) is 0 Å². The standard InChI is InChI=1S/C12H14N2/c13-9-11-4-2-1-3-10(11)7-8-14-12-5-6-12/h1-4,12,14H,5-8H2. The van der Waals surface area contributed by atoms with Gasteiger partial charge in [-0.1, -0.05) is 18.2 Å². The molecule has 1 aromatic carbocycles. The molecule has 0 unspecified atom stereocenters. The smallest absolute Gasteiger partial charge is 0.0994 e. The van der Waals surface area contributed by atoms with Crippen molar-refractivity contribution >= 4 is 0 Å². The molecule has 1 aliphatic rings. The first-order chi connectivity index (χ1) is 6.90. The number of nitrogens with zero attached hydrogens (tertiary/aromatic N) is 1. The van der Waals surface area contributed by atoms with Gasteiger partial charge in [0.1, 0.15) is 0 Å². The average molecular weight is 186 g/mol. The summed E-state index contributed by atoms with van der Waals surface area (Å²) in [4.78, 5) is 0. The molecule has 1 aliphatic carbocycles. The Hall–Kier alpha value is -1.33. The number of nitrogens with one attached hydrogen (secondary N) is 1. The van der Waals surface area contributed by atoms with Crippen LogP contribution in [0.3, 0.4) is 0 Å². The Balaban J connectivity index is 1.90. The van der Waals surface area contributed by atoms with E-state index in [1.54, 1.807) is 0 Å². The third-order valence-electron chi connectivity index (χ3n) is 2.54. The van der Waals surface area contributed by atoms with E-state index in [1.165, 1.54) is 12.8 Å². The molecule has 0 saturated heterocycles. The summed E-state index contributed by atoms with van der Waals surface area (Å²) in [5.41, 5.74) is 1.97. The monoisotopic (exact) mass is 186 g/mol. The topological polar surface area (TPSA) is 35.8 Å². The number of hydrogen-bond acceptors (Lipinski definition) is 2. The van der Waals surface area contributed by atoms with Gasteiger partial charge in [-0.25, -0.2) is 0 Å². The predicted molar refractivity (Wildman–Crippen MR) is 55.9 cm³/mol. The highest BCUT2D eigenvalue weighted by Crippen LogP contribution is 2.18. The molecule has 0 aliphatic heterocycles. The Labute approximate surface area is 84.6 Å². The Kier molecular flexibility index (Phi) is 2.81. The van der Waals surface area contributed by atoms with Gasteiger partial charge in [0.05, 0.1) is 11.6 Å². The lowest BCUT2D eigenvalue weighted by Gasteiger charge is -2.04. The van der Waals surface area contributed by atoms with Crippen molar-refractivity contribution in [1.82, 2.24) is 5.32 Å². The first kappa shape index (κ1) is 9.23. The molecule has 0 radical (unpaired) electrons. The van der Waals surface area contributed by atoms with E-state index in [1.807, 2.05) is 24.3 Å². The molecular formula is C12H14N2. The maximum absolute atomic E-state index is 8.87. The minimum atomic E-state index is 0.754. The van der Waals surface area contributed by atoms with Gasteiger partial charge in [0.15, 0.2) is 0 Å². The largest absolute Gasteiger partial charge is 0.314 e. The van der Waals surface area contributed by atoms with Gasteiger partial charge in [0.2, 0.25) is 0 Å². The first-order valence-electron chi connectivity index (χ1n) is 5.11. The molecule has 0 amide bonds. The normalized spacial score (nSPS) is 15.1. The fourth-order valence-electron chi connectivity index (χ4n) is 1.55. The summed E-state index contributed by atoms with van der Waals surface area (Å²) in [5, 5.41) is 12.3. The van der Waals surface area contributed by atoms with Crippen LogP contribution in [0.2, 0.25) is 0 Å². The third kappa shape index (κ3) is 2.34. The van der Waals surface area contributed by atoms with E-state index in [0.29, 0.717) is 0 Å². The van der Waals surface area contributed by atoms with Crippen molar-refractivity contribution in [3.05, 3.63) is 35.4 Å². The van der Waals surface area contributed by atoms with E-state index in [0.717, 1.165) is 30.1 Å². The molecule has 2 nitrogen and oxygen atoms in total. The van der Waals surface area contributed by atoms with Crippen molar-refractivity contribution < 1.29 is 0 Å². The third-order valence-corrected chi connectivity index (χ3v) is 2.54. The highest BCUT2D eigenvalue weighted by atomic mass is 14.9. The molecule has 1 saturated carbocycles. The Morgan fingerprint density at radius 3 is 2.86 bits per heavy atom. The van der Waals surface area contributed by atoms with Gasteiger partial charge in [0, 0.05) is 6.04 Å². The van der Waals surface area contributed by atoms with E-state index >= 15 is 0 Å². The summed E-state index contributed by atoms with van der Waals surface area (Å²) >= 11 is 0. The average Bonchev–Trinajstić information content (AvgIpc) is 3.03. The summed E-state index contributed by atoms with van der Waals surface area (Å²) in [7, 11) is 0. The van der Waals surface area contributed by atoms with Gasteiger partial charge in [0.25, 0.3) is 0 Å². The molecular weight excluding hydrogens is 172 g/mol. The molecule has 0 bridgehead atoms. The zero-order valence-electron chi connectivity index (χ0n) is 8.16. The molecule has 72 valence electrons. The number of nitriles is 1. The molecule has 2 rings (SSSR count). The van der Waals surface area contributed by atoms with Gasteiger partial charge < -0.3 is 5.32 Å². The maximum Gasteiger partial charge on any atom is 0.0994 e. The van der Waals surface area contributed by atoms with Crippen LogP contribution in [0.15, 0.2) is 24.3 Å². The lowest BCUT2D eigenvalue weighted by atomic mass is 10.1. The molecule has 0 heterocycles. The van der Waals surface area contributed by atoms with Crippen molar-refractivity contribution in [2.75, 3.05) is 6.54 Å². The van der Waals surface area contributed by atoms with Crippen molar-refractivity contribution in [3.8, 4) is 6.07 Å². The van der Waals surface area contributed by atoms with E-state index in [4.69, 9.17) is 5.26 Å². The summed E-state index contributed by atoms with van der Waals surface area (Å²) in [6, 6.07) is 10.8. The SMILES string of the molecule is N#Cc1ccccc1CCNC1CC1. The molecule has 14 heavy (non-hydrogen) atoms. The fraction of sp³-hybridized carbons (Fsp3) is 0.417.